The van der Waals surface area contributed by atoms with Crippen LogP contribution in [0.1, 0.15) is 12.0 Å². The highest BCUT2D eigenvalue weighted by Crippen LogP contribution is 2.13. The van der Waals surface area contributed by atoms with Crippen LogP contribution in [0.15, 0.2) is 23.1 Å². The highest BCUT2D eigenvalue weighted by Gasteiger charge is 2.14. The Hall–Kier alpha value is -0.690. The molecule has 0 saturated heterocycles. The van der Waals surface area contributed by atoms with Gasteiger partial charge in [-0.2, -0.15) is 0 Å². The first-order valence-corrected chi connectivity index (χ1v) is 6.41. The SMILES string of the molecule is Cc1cc(F)cc(S(=O)(=O)NCCCN)c1.Cl. The van der Waals surface area contributed by atoms with E-state index in [9.17, 15) is 12.8 Å². The van der Waals surface area contributed by atoms with Crippen molar-refractivity contribution in [2.24, 2.45) is 5.73 Å². The molecule has 0 spiro atoms. The number of hydrogen-bond donors (Lipinski definition) is 2. The Morgan fingerprint density at radius 2 is 2.00 bits per heavy atom. The van der Waals surface area contributed by atoms with Crippen LogP contribution in [0, 0.1) is 12.7 Å². The van der Waals surface area contributed by atoms with Gasteiger partial charge < -0.3 is 5.73 Å². The Bertz CT molecular complexity index is 445. The predicted octanol–water partition coefficient (Wildman–Crippen LogP) is 1.18. The lowest BCUT2D eigenvalue weighted by Gasteiger charge is -2.07. The van der Waals surface area contributed by atoms with E-state index in [0.717, 1.165) is 6.07 Å². The molecule has 0 aliphatic carbocycles. The molecule has 0 aliphatic heterocycles. The van der Waals surface area contributed by atoms with Crippen LogP contribution in [0.2, 0.25) is 0 Å². The van der Waals surface area contributed by atoms with Gasteiger partial charge in [0.2, 0.25) is 10.0 Å². The molecular formula is C10H16ClFN2O2S. The van der Waals surface area contributed by atoms with E-state index in [1.165, 1.54) is 12.1 Å². The third-order valence-corrected chi connectivity index (χ3v) is 3.44. The van der Waals surface area contributed by atoms with E-state index in [4.69, 9.17) is 5.73 Å². The lowest BCUT2D eigenvalue weighted by molar-refractivity contribution is 0.575. The number of aryl methyl sites for hydroxylation is 1. The molecule has 3 N–H and O–H groups in total. The topological polar surface area (TPSA) is 72.2 Å². The van der Waals surface area contributed by atoms with Crippen LogP contribution in [0.4, 0.5) is 4.39 Å². The molecule has 0 bridgehead atoms. The van der Waals surface area contributed by atoms with Crippen LogP contribution in [-0.4, -0.2) is 21.5 Å². The fourth-order valence-corrected chi connectivity index (χ4v) is 2.44. The summed E-state index contributed by atoms with van der Waals surface area (Å²) >= 11 is 0. The molecule has 1 aromatic rings. The fourth-order valence-electron chi connectivity index (χ4n) is 1.25. The van der Waals surface area contributed by atoms with Crippen LogP contribution in [0.3, 0.4) is 0 Å². The van der Waals surface area contributed by atoms with E-state index in [1.807, 2.05) is 0 Å². The summed E-state index contributed by atoms with van der Waals surface area (Å²) in [7, 11) is -3.62. The molecule has 0 radical (unpaired) electrons. The number of hydrogen-bond acceptors (Lipinski definition) is 3. The Balaban J connectivity index is 0.00000256. The number of nitrogens with one attached hydrogen (secondary N) is 1. The molecule has 17 heavy (non-hydrogen) atoms. The van der Waals surface area contributed by atoms with Crippen molar-refractivity contribution in [1.29, 1.82) is 0 Å². The van der Waals surface area contributed by atoms with Crippen molar-refractivity contribution >= 4 is 22.4 Å². The highest BCUT2D eigenvalue weighted by molar-refractivity contribution is 7.89. The van der Waals surface area contributed by atoms with Crippen LogP contribution < -0.4 is 10.5 Å². The van der Waals surface area contributed by atoms with E-state index in [0.29, 0.717) is 18.5 Å². The second-order valence-corrected chi connectivity index (χ2v) is 5.27. The minimum absolute atomic E-state index is 0. The van der Waals surface area contributed by atoms with Crippen LogP contribution in [-0.2, 0) is 10.0 Å². The molecular weight excluding hydrogens is 267 g/mol. The number of rotatable bonds is 5. The minimum atomic E-state index is -3.62. The maximum absolute atomic E-state index is 13.0. The molecule has 0 fully saturated rings. The molecule has 0 heterocycles. The van der Waals surface area contributed by atoms with Gasteiger partial charge in [0.15, 0.2) is 0 Å². The molecule has 0 saturated carbocycles. The predicted molar refractivity (Wildman–Crippen MR) is 67.2 cm³/mol. The molecule has 0 aliphatic rings. The first-order valence-electron chi connectivity index (χ1n) is 4.92. The summed E-state index contributed by atoms with van der Waals surface area (Å²) in [5, 5.41) is 0. The summed E-state index contributed by atoms with van der Waals surface area (Å²) in [4.78, 5) is -0.0537. The largest absolute Gasteiger partial charge is 0.330 e. The smallest absolute Gasteiger partial charge is 0.240 e. The van der Waals surface area contributed by atoms with Gasteiger partial charge in [-0.3, -0.25) is 0 Å². The number of nitrogens with two attached hydrogens (primary N) is 1. The molecule has 0 unspecified atom stereocenters. The first kappa shape index (κ1) is 16.3. The average molecular weight is 283 g/mol. The number of sulfonamides is 1. The molecule has 1 aromatic carbocycles. The van der Waals surface area contributed by atoms with Crippen molar-refractivity contribution in [3.05, 3.63) is 29.6 Å². The minimum Gasteiger partial charge on any atom is -0.330 e. The Labute approximate surface area is 107 Å². The fraction of sp³-hybridized carbons (Fsp3) is 0.400. The lowest BCUT2D eigenvalue weighted by Crippen LogP contribution is -2.26. The standard InChI is InChI=1S/C10H15FN2O2S.ClH/c1-8-5-9(11)7-10(6-8)16(14,15)13-4-2-3-12;/h5-7,13H,2-4,12H2,1H3;1H. The second-order valence-electron chi connectivity index (χ2n) is 3.50. The van der Waals surface area contributed by atoms with Crippen molar-refractivity contribution in [3.8, 4) is 0 Å². The molecule has 0 aromatic heterocycles. The van der Waals surface area contributed by atoms with E-state index in [-0.39, 0.29) is 23.8 Å². The summed E-state index contributed by atoms with van der Waals surface area (Å²) in [6.45, 7) is 2.31. The van der Waals surface area contributed by atoms with Crippen molar-refractivity contribution in [2.75, 3.05) is 13.1 Å². The van der Waals surface area contributed by atoms with Gasteiger partial charge in [0.05, 0.1) is 4.90 Å². The Morgan fingerprint density at radius 1 is 1.35 bits per heavy atom. The van der Waals surface area contributed by atoms with Gasteiger partial charge in [-0.1, -0.05) is 0 Å². The van der Waals surface area contributed by atoms with E-state index in [1.54, 1.807) is 6.92 Å². The van der Waals surface area contributed by atoms with Gasteiger partial charge in [-0.15, -0.1) is 12.4 Å². The maximum Gasteiger partial charge on any atom is 0.240 e. The van der Waals surface area contributed by atoms with Crippen LogP contribution in [0.25, 0.3) is 0 Å². The van der Waals surface area contributed by atoms with E-state index >= 15 is 0 Å². The van der Waals surface area contributed by atoms with E-state index < -0.39 is 15.8 Å². The van der Waals surface area contributed by atoms with Crippen molar-refractivity contribution in [3.63, 3.8) is 0 Å². The van der Waals surface area contributed by atoms with Gasteiger partial charge in [0.25, 0.3) is 0 Å². The normalized spacial score (nSPS) is 11.0. The van der Waals surface area contributed by atoms with E-state index in [2.05, 4.69) is 4.72 Å². The molecule has 0 atom stereocenters. The van der Waals surface area contributed by atoms with Gasteiger partial charge >= 0.3 is 0 Å². The number of benzene rings is 1. The van der Waals surface area contributed by atoms with Gasteiger partial charge in [0, 0.05) is 6.54 Å². The highest BCUT2D eigenvalue weighted by atomic mass is 35.5. The van der Waals surface area contributed by atoms with Crippen LogP contribution >= 0.6 is 12.4 Å². The summed E-state index contributed by atoms with van der Waals surface area (Å²) in [5.74, 6) is -0.556. The van der Waals surface area contributed by atoms with Gasteiger partial charge in [-0.25, -0.2) is 17.5 Å². The second kappa shape index (κ2) is 6.90. The summed E-state index contributed by atoms with van der Waals surface area (Å²) in [5.41, 5.74) is 5.82. The average Bonchev–Trinajstić information content (AvgIpc) is 2.16. The number of halogens is 2. The Kier molecular flexibility index (Phi) is 6.62. The molecule has 0 amide bonds. The third-order valence-electron chi connectivity index (χ3n) is 2.00. The molecule has 7 heteroatoms. The molecule has 4 nitrogen and oxygen atoms in total. The summed E-state index contributed by atoms with van der Waals surface area (Å²) in [6, 6.07) is 3.70. The zero-order valence-electron chi connectivity index (χ0n) is 9.44. The maximum atomic E-state index is 13.0. The third kappa shape index (κ3) is 4.99. The first-order chi connectivity index (χ1) is 7.45. The van der Waals surface area contributed by atoms with Crippen molar-refractivity contribution in [2.45, 2.75) is 18.2 Å². The van der Waals surface area contributed by atoms with Gasteiger partial charge in [-0.05, 0) is 43.7 Å². The lowest BCUT2D eigenvalue weighted by atomic mass is 10.2. The van der Waals surface area contributed by atoms with Crippen molar-refractivity contribution in [1.82, 2.24) is 4.72 Å². The molecule has 98 valence electrons. The van der Waals surface area contributed by atoms with Gasteiger partial charge in [0.1, 0.15) is 5.82 Å². The summed E-state index contributed by atoms with van der Waals surface area (Å²) in [6.07, 6.45) is 0.549. The monoisotopic (exact) mass is 282 g/mol. The zero-order valence-corrected chi connectivity index (χ0v) is 11.1. The Morgan fingerprint density at radius 3 is 2.53 bits per heavy atom. The summed E-state index contributed by atoms with van der Waals surface area (Å²) < 4.78 is 38.8. The molecule has 1 rings (SSSR count). The van der Waals surface area contributed by atoms with Crippen molar-refractivity contribution < 1.29 is 12.8 Å². The quantitative estimate of drug-likeness (QED) is 0.797. The zero-order chi connectivity index (χ0) is 12.2. The van der Waals surface area contributed by atoms with Crippen LogP contribution in [0.5, 0.6) is 0 Å².